The fourth-order valence-corrected chi connectivity index (χ4v) is 6.19. The molecule has 1 aliphatic heterocycles. The van der Waals surface area contributed by atoms with E-state index in [1.807, 2.05) is 61.5 Å². The Labute approximate surface area is 260 Å². The van der Waals surface area contributed by atoms with E-state index in [1.54, 1.807) is 17.0 Å². The molecule has 1 fully saturated rings. The highest BCUT2D eigenvalue weighted by molar-refractivity contribution is 6.33. The summed E-state index contributed by atoms with van der Waals surface area (Å²) in [6, 6.07) is 26.0. The molecule has 0 atom stereocenters. The Balaban J connectivity index is 1.18. The van der Waals surface area contributed by atoms with Gasteiger partial charge in [0.2, 0.25) is 5.95 Å². The van der Waals surface area contributed by atoms with E-state index >= 15 is 0 Å². The summed E-state index contributed by atoms with van der Waals surface area (Å²) in [4.78, 5) is 32.3. The SMILES string of the molecule is CCn1c(=O)c(-c2ccc(-c3cccc4ncccc34)cc2Cl)cc2cnc(Nc3ccc(N4CCN(C)CC4)cc3)nc21. The lowest BCUT2D eigenvalue weighted by Gasteiger charge is -2.34. The number of pyridine rings is 2. The van der Waals surface area contributed by atoms with Crippen LogP contribution in [-0.2, 0) is 6.54 Å². The first-order valence-electron chi connectivity index (χ1n) is 14.8. The number of nitrogens with zero attached hydrogens (tertiary/aromatic N) is 6. The predicted molar refractivity (Wildman–Crippen MR) is 180 cm³/mol. The second kappa shape index (κ2) is 11.7. The minimum Gasteiger partial charge on any atom is -0.369 e. The summed E-state index contributed by atoms with van der Waals surface area (Å²) in [5.74, 6) is 0.436. The molecule has 1 saturated heterocycles. The molecular formula is C35H32ClN7O. The largest absolute Gasteiger partial charge is 0.369 e. The molecule has 1 aliphatic rings. The highest BCUT2D eigenvalue weighted by atomic mass is 35.5. The molecule has 9 heteroatoms. The maximum atomic E-state index is 13.8. The van der Waals surface area contributed by atoms with Crippen molar-refractivity contribution in [1.82, 2.24) is 24.4 Å². The standard InChI is InChI=1S/C35H32ClN7O/c1-3-43-33-24(22-38-35(40-33)39-25-10-12-26(13-11-25)42-18-16-41(2)17-19-42)20-30(34(43)44)28-14-9-23(21-31(28)36)27-6-4-8-32-29(27)7-5-15-37-32/h4-15,20-22H,3,16-19H2,1-2H3,(H,38,39,40). The minimum atomic E-state index is -0.148. The van der Waals surface area contributed by atoms with E-state index in [2.05, 4.69) is 56.4 Å². The van der Waals surface area contributed by atoms with Crippen LogP contribution in [0.5, 0.6) is 0 Å². The lowest BCUT2D eigenvalue weighted by atomic mass is 9.97. The van der Waals surface area contributed by atoms with Gasteiger partial charge in [-0.25, -0.2) is 4.98 Å². The summed E-state index contributed by atoms with van der Waals surface area (Å²) >= 11 is 6.86. The monoisotopic (exact) mass is 601 g/mol. The van der Waals surface area contributed by atoms with Crippen LogP contribution < -0.4 is 15.8 Å². The molecule has 3 aromatic carbocycles. The molecule has 0 spiro atoms. The third-order valence-electron chi connectivity index (χ3n) is 8.35. The van der Waals surface area contributed by atoms with Gasteiger partial charge in [-0.1, -0.05) is 41.9 Å². The van der Waals surface area contributed by atoms with E-state index in [0.29, 0.717) is 34.3 Å². The molecular weight excluding hydrogens is 570 g/mol. The Morgan fingerprint density at radius 1 is 0.864 bits per heavy atom. The first-order valence-corrected chi connectivity index (χ1v) is 15.2. The zero-order valence-corrected chi connectivity index (χ0v) is 25.4. The molecule has 8 nitrogen and oxygen atoms in total. The number of piperazine rings is 1. The Morgan fingerprint density at radius 2 is 1.68 bits per heavy atom. The molecule has 7 rings (SSSR count). The average Bonchev–Trinajstić information content (AvgIpc) is 3.05. The number of fused-ring (bicyclic) bond motifs is 2. The topological polar surface area (TPSA) is 79.2 Å². The number of anilines is 3. The van der Waals surface area contributed by atoms with Crippen LogP contribution >= 0.6 is 11.6 Å². The second-order valence-corrected chi connectivity index (χ2v) is 11.5. The number of benzene rings is 3. The van der Waals surface area contributed by atoms with Crippen molar-refractivity contribution in [1.29, 1.82) is 0 Å². The zero-order valence-electron chi connectivity index (χ0n) is 24.7. The highest BCUT2D eigenvalue weighted by Gasteiger charge is 2.17. The van der Waals surface area contributed by atoms with Gasteiger partial charge in [-0.05, 0) is 73.6 Å². The van der Waals surface area contributed by atoms with E-state index in [-0.39, 0.29) is 5.56 Å². The minimum absolute atomic E-state index is 0.148. The summed E-state index contributed by atoms with van der Waals surface area (Å²) in [7, 11) is 2.16. The van der Waals surface area contributed by atoms with Crippen LogP contribution in [0.2, 0.25) is 5.02 Å². The van der Waals surface area contributed by atoms with Gasteiger partial charge >= 0.3 is 0 Å². The van der Waals surface area contributed by atoms with Gasteiger partial charge < -0.3 is 15.1 Å². The van der Waals surface area contributed by atoms with Crippen LogP contribution in [0.25, 0.3) is 44.2 Å². The van der Waals surface area contributed by atoms with Crippen molar-refractivity contribution in [2.75, 3.05) is 43.4 Å². The molecule has 44 heavy (non-hydrogen) atoms. The Morgan fingerprint density at radius 3 is 2.45 bits per heavy atom. The van der Waals surface area contributed by atoms with E-state index < -0.39 is 0 Å². The molecule has 0 saturated carbocycles. The van der Waals surface area contributed by atoms with Crippen molar-refractivity contribution in [2.45, 2.75) is 13.5 Å². The zero-order chi connectivity index (χ0) is 30.2. The van der Waals surface area contributed by atoms with Gasteiger partial charge in [0.15, 0.2) is 0 Å². The molecule has 3 aromatic heterocycles. The maximum Gasteiger partial charge on any atom is 0.260 e. The molecule has 0 amide bonds. The fraction of sp³-hybridized carbons (Fsp3) is 0.200. The van der Waals surface area contributed by atoms with Crippen LogP contribution in [0.3, 0.4) is 0 Å². The van der Waals surface area contributed by atoms with Crippen molar-refractivity contribution in [3.8, 4) is 22.3 Å². The third kappa shape index (κ3) is 5.27. The lowest BCUT2D eigenvalue weighted by molar-refractivity contribution is 0.313. The smallest absolute Gasteiger partial charge is 0.260 e. The average molecular weight is 602 g/mol. The van der Waals surface area contributed by atoms with Gasteiger partial charge in [0.25, 0.3) is 5.56 Å². The van der Waals surface area contributed by atoms with Gasteiger partial charge in [0.05, 0.1) is 5.52 Å². The third-order valence-corrected chi connectivity index (χ3v) is 8.66. The number of nitrogens with one attached hydrogen (secondary N) is 1. The molecule has 6 aromatic rings. The van der Waals surface area contributed by atoms with Crippen LogP contribution in [-0.4, -0.2) is 57.6 Å². The summed E-state index contributed by atoms with van der Waals surface area (Å²) in [5, 5.41) is 5.61. The molecule has 0 unspecified atom stereocenters. The molecule has 0 bridgehead atoms. The van der Waals surface area contributed by atoms with Gasteiger partial charge in [0.1, 0.15) is 5.65 Å². The summed E-state index contributed by atoms with van der Waals surface area (Å²) in [6.45, 7) is 6.56. The van der Waals surface area contributed by atoms with Crippen molar-refractivity contribution < 1.29 is 0 Å². The molecule has 0 radical (unpaired) electrons. The number of hydrogen-bond acceptors (Lipinski definition) is 7. The lowest BCUT2D eigenvalue weighted by Crippen LogP contribution is -2.44. The van der Waals surface area contributed by atoms with Crippen molar-refractivity contribution in [3.05, 3.63) is 107 Å². The predicted octanol–water partition coefficient (Wildman–Crippen LogP) is 6.84. The maximum absolute atomic E-state index is 13.8. The van der Waals surface area contributed by atoms with Crippen LogP contribution in [0, 0.1) is 0 Å². The molecule has 4 heterocycles. The van der Waals surface area contributed by atoms with Crippen molar-refractivity contribution >= 4 is 50.9 Å². The van der Waals surface area contributed by atoms with E-state index in [1.165, 1.54) is 5.69 Å². The van der Waals surface area contributed by atoms with Crippen molar-refractivity contribution in [3.63, 3.8) is 0 Å². The Bertz CT molecular complexity index is 2040. The summed E-state index contributed by atoms with van der Waals surface area (Å²) in [6.07, 6.45) is 3.54. The fourth-order valence-electron chi connectivity index (χ4n) is 5.91. The first kappa shape index (κ1) is 28.0. The molecule has 1 N–H and O–H groups in total. The molecule has 220 valence electrons. The van der Waals surface area contributed by atoms with Crippen LogP contribution in [0.1, 0.15) is 6.92 Å². The molecule has 0 aliphatic carbocycles. The van der Waals surface area contributed by atoms with Gasteiger partial charge in [-0.3, -0.25) is 14.3 Å². The Hall–Kier alpha value is -4.79. The second-order valence-electron chi connectivity index (χ2n) is 11.1. The number of likely N-dealkylation sites (N-methyl/N-ethyl adjacent to an activating group) is 1. The number of aryl methyl sites for hydroxylation is 1. The van der Waals surface area contributed by atoms with Gasteiger partial charge in [-0.15, -0.1) is 0 Å². The summed E-state index contributed by atoms with van der Waals surface area (Å²) < 4.78 is 1.68. The first-order chi connectivity index (χ1) is 21.5. The summed E-state index contributed by atoms with van der Waals surface area (Å²) in [5.41, 5.74) is 6.62. The highest BCUT2D eigenvalue weighted by Crippen LogP contribution is 2.34. The normalized spacial score (nSPS) is 13.9. The van der Waals surface area contributed by atoms with E-state index in [0.717, 1.165) is 59.3 Å². The number of rotatable bonds is 6. The van der Waals surface area contributed by atoms with E-state index in [4.69, 9.17) is 16.6 Å². The van der Waals surface area contributed by atoms with Gasteiger partial charge in [-0.2, -0.15) is 4.98 Å². The quantitative estimate of drug-likeness (QED) is 0.224. The van der Waals surface area contributed by atoms with E-state index in [9.17, 15) is 4.79 Å². The number of halogens is 1. The van der Waals surface area contributed by atoms with Crippen molar-refractivity contribution in [2.24, 2.45) is 0 Å². The van der Waals surface area contributed by atoms with Crippen LogP contribution in [0.15, 0.2) is 96.1 Å². The number of hydrogen-bond donors (Lipinski definition) is 1. The Kier molecular flexibility index (Phi) is 7.46. The van der Waals surface area contributed by atoms with Crippen LogP contribution in [0.4, 0.5) is 17.3 Å². The van der Waals surface area contributed by atoms with Gasteiger partial charge in [0, 0.05) is 83.4 Å². The number of aromatic nitrogens is 4.